The Bertz CT molecular complexity index is 300. The van der Waals surface area contributed by atoms with E-state index in [4.69, 9.17) is 0 Å². The molecule has 0 amide bonds. The van der Waals surface area contributed by atoms with E-state index in [0.717, 1.165) is 19.0 Å². The lowest BCUT2D eigenvalue weighted by Crippen LogP contribution is -2.39. The van der Waals surface area contributed by atoms with E-state index >= 15 is 0 Å². The van der Waals surface area contributed by atoms with Crippen molar-refractivity contribution in [2.24, 2.45) is 5.92 Å². The summed E-state index contributed by atoms with van der Waals surface area (Å²) in [6.07, 6.45) is 5.97. The lowest BCUT2D eigenvalue weighted by atomic mass is 9.98. The molecular formula is C13H23N3S. The highest BCUT2D eigenvalue weighted by Gasteiger charge is 2.19. The molecule has 1 atom stereocenters. The minimum Gasteiger partial charge on any atom is -0.316 e. The molecule has 1 N–H and O–H groups in total. The molecule has 1 aromatic rings. The van der Waals surface area contributed by atoms with Gasteiger partial charge in [-0.1, -0.05) is 6.92 Å². The predicted octanol–water partition coefficient (Wildman–Crippen LogP) is 2.35. The minimum atomic E-state index is 0.836. The molecule has 2 heterocycles. The smallest absolute Gasteiger partial charge is 0.0794 e. The van der Waals surface area contributed by atoms with Gasteiger partial charge in [0.05, 0.1) is 5.51 Å². The van der Waals surface area contributed by atoms with Gasteiger partial charge in [0, 0.05) is 24.2 Å². The Morgan fingerprint density at radius 2 is 2.53 bits per heavy atom. The standard InChI is InChI=1S/C13H23N3S/c1-2-5-14-7-12-4-3-6-16(9-12)10-13-8-15-11-17-13/h8,11-12,14H,2-7,9-10H2,1H3. The van der Waals surface area contributed by atoms with Crippen molar-refractivity contribution in [1.29, 1.82) is 0 Å². The third-order valence-electron chi connectivity index (χ3n) is 3.33. The van der Waals surface area contributed by atoms with Crippen LogP contribution in [0.5, 0.6) is 0 Å². The molecule has 0 aliphatic carbocycles. The average Bonchev–Trinajstić information content (AvgIpc) is 2.83. The maximum atomic E-state index is 4.15. The van der Waals surface area contributed by atoms with Crippen LogP contribution in [0.15, 0.2) is 11.7 Å². The number of piperidine rings is 1. The molecule has 4 heteroatoms. The van der Waals surface area contributed by atoms with Crippen LogP contribution in [-0.4, -0.2) is 36.1 Å². The number of aromatic nitrogens is 1. The summed E-state index contributed by atoms with van der Waals surface area (Å²) in [6.45, 7) is 8.16. The molecule has 0 saturated carbocycles. The van der Waals surface area contributed by atoms with E-state index < -0.39 is 0 Å². The van der Waals surface area contributed by atoms with E-state index in [9.17, 15) is 0 Å². The molecule has 2 rings (SSSR count). The summed E-state index contributed by atoms with van der Waals surface area (Å²) in [5.74, 6) is 0.836. The Morgan fingerprint density at radius 3 is 3.29 bits per heavy atom. The van der Waals surface area contributed by atoms with Gasteiger partial charge in [-0.3, -0.25) is 9.88 Å². The number of thiazole rings is 1. The van der Waals surface area contributed by atoms with Crippen LogP contribution < -0.4 is 5.32 Å². The second-order valence-electron chi connectivity index (χ2n) is 4.92. The Morgan fingerprint density at radius 1 is 1.59 bits per heavy atom. The predicted molar refractivity (Wildman–Crippen MR) is 73.3 cm³/mol. The summed E-state index contributed by atoms with van der Waals surface area (Å²) in [7, 11) is 0. The van der Waals surface area contributed by atoms with Crippen molar-refractivity contribution in [2.45, 2.75) is 32.7 Å². The van der Waals surface area contributed by atoms with Gasteiger partial charge >= 0.3 is 0 Å². The van der Waals surface area contributed by atoms with E-state index in [-0.39, 0.29) is 0 Å². The Kier molecular flexibility index (Phi) is 5.42. The van der Waals surface area contributed by atoms with Crippen LogP contribution in [0.4, 0.5) is 0 Å². The molecule has 17 heavy (non-hydrogen) atoms. The molecule has 0 aromatic carbocycles. The van der Waals surface area contributed by atoms with Gasteiger partial charge in [0.25, 0.3) is 0 Å². The van der Waals surface area contributed by atoms with Crippen molar-refractivity contribution >= 4 is 11.3 Å². The highest BCUT2D eigenvalue weighted by atomic mass is 32.1. The third-order valence-corrected chi connectivity index (χ3v) is 4.09. The molecule has 1 saturated heterocycles. The van der Waals surface area contributed by atoms with Gasteiger partial charge in [-0.15, -0.1) is 11.3 Å². The number of likely N-dealkylation sites (tertiary alicyclic amines) is 1. The molecule has 3 nitrogen and oxygen atoms in total. The van der Waals surface area contributed by atoms with Crippen molar-refractivity contribution in [1.82, 2.24) is 15.2 Å². The van der Waals surface area contributed by atoms with Crippen LogP contribution in [0.25, 0.3) is 0 Å². The molecule has 1 unspecified atom stereocenters. The van der Waals surface area contributed by atoms with E-state index in [0.29, 0.717) is 0 Å². The highest BCUT2D eigenvalue weighted by Crippen LogP contribution is 2.19. The summed E-state index contributed by atoms with van der Waals surface area (Å²) in [5.41, 5.74) is 1.93. The van der Waals surface area contributed by atoms with Gasteiger partial charge in [0.15, 0.2) is 0 Å². The highest BCUT2D eigenvalue weighted by molar-refractivity contribution is 7.09. The van der Waals surface area contributed by atoms with Crippen LogP contribution in [0, 0.1) is 5.92 Å². The van der Waals surface area contributed by atoms with E-state index in [2.05, 4.69) is 22.1 Å². The van der Waals surface area contributed by atoms with Gasteiger partial charge in [-0.2, -0.15) is 0 Å². The normalized spacial score (nSPS) is 21.8. The Balaban J connectivity index is 1.72. The second-order valence-corrected chi connectivity index (χ2v) is 5.89. The Hall–Kier alpha value is -0.450. The first-order valence-corrected chi connectivity index (χ1v) is 7.57. The maximum Gasteiger partial charge on any atom is 0.0794 e. The average molecular weight is 253 g/mol. The maximum absolute atomic E-state index is 4.15. The summed E-state index contributed by atoms with van der Waals surface area (Å²) in [4.78, 5) is 8.12. The lowest BCUT2D eigenvalue weighted by Gasteiger charge is -2.32. The molecular weight excluding hydrogens is 230 g/mol. The molecule has 1 aromatic heterocycles. The fraction of sp³-hybridized carbons (Fsp3) is 0.769. The van der Waals surface area contributed by atoms with E-state index in [1.807, 2.05) is 11.7 Å². The first kappa shape index (κ1) is 13.0. The fourth-order valence-electron chi connectivity index (χ4n) is 2.49. The van der Waals surface area contributed by atoms with E-state index in [1.54, 1.807) is 11.3 Å². The monoisotopic (exact) mass is 253 g/mol. The largest absolute Gasteiger partial charge is 0.316 e. The van der Waals surface area contributed by atoms with Crippen LogP contribution in [-0.2, 0) is 6.54 Å². The van der Waals surface area contributed by atoms with Crippen molar-refractivity contribution in [3.8, 4) is 0 Å². The van der Waals surface area contributed by atoms with Gasteiger partial charge in [0.1, 0.15) is 0 Å². The first-order chi connectivity index (χ1) is 8.38. The van der Waals surface area contributed by atoms with Crippen LogP contribution in [0.1, 0.15) is 31.1 Å². The number of hydrogen-bond acceptors (Lipinski definition) is 4. The molecule has 0 radical (unpaired) electrons. The van der Waals surface area contributed by atoms with Crippen molar-refractivity contribution in [3.63, 3.8) is 0 Å². The van der Waals surface area contributed by atoms with Crippen LogP contribution >= 0.6 is 11.3 Å². The van der Waals surface area contributed by atoms with Gasteiger partial charge < -0.3 is 5.32 Å². The number of nitrogens with one attached hydrogen (secondary N) is 1. The van der Waals surface area contributed by atoms with Crippen molar-refractivity contribution in [2.75, 3.05) is 26.2 Å². The quantitative estimate of drug-likeness (QED) is 0.789. The zero-order chi connectivity index (χ0) is 11.9. The lowest BCUT2D eigenvalue weighted by molar-refractivity contribution is 0.166. The number of rotatable bonds is 6. The minimum absolute atomic E-state index is 0.836. The van der Waals surface area contributed by atoms with Gasteiger partial charge in [-0.05, 0) is 44.8 Å². The molecule has 1 aliphatic rings. The molecule has 0 bridgehead atoms. The number of nitrogens with zero attached hydrogens (tertiary/aromatic N) is 2. The second kappa shape index (κ2) is 7.09. The molecule has 1 fully saturated rings. The molecule has 96 valence electrons. The van der Waals surface area contributed by atoms with Crippen molar-refractivity contribution < 1.29 is 0 Å². The van der Waals surface area contributed by atoms with Crippen molar-refractivity contribution in [3.05, 3.63) is 16.6 Å². The SMILES string of the molecule is CCCNCC1CCCN(Cc2cncs2)C1. The molecule has 1 aliphatic heterocycles. The zero-order valence-electron chi connectivity index (χ0n) is 10.7. The van der Waals surface area contributed by atoms with Crippen LogP contribution in [0.3, 0.4) is 0 Å². The topological polar surface area (TPSA) is 28.2 Å². The Labute approximate surface area is 108 Å². The summed E-state index contributed by atoms with van der Waals surface area (Å²) in [6, 6.07) is 0. The fourth-order valence-corrected chi connectivity index (χ4v) is 3.12. The third kappa shape index (κ3) is 4.37. The summed E-state index contributed by atoms with van der Waals surface area (Å²) in [5, 5.41) is 3.55. The molecule has 0 spiro atoms. The van der Waals surface area contributed by atoms with Gasteiger partial charge in [-0.25, -0.2) is 0 Å². The summed E-state index contributed by atoms with van der Waals surface area (Å²) >= 11 is 1.77. The van der Waals surface area contributed by atoms with Gasteiger partial charge in [0.2, 0.25) is 0 Å². The summed E-state index contributed by atoms with van der Waals surface area (Å²) < 4.78 is 0. The first-order valence-electron chi connectivity index (χ1n) is 6.69. The number of hydrogen-bond donors (Lipinski definition) is 1. The van der Waals surface area contributed by atoms with Crippen LogP contribution in [0.2, 0.25) is 0 Å². The van der Waals surface area contributed by atoms with E-state index in [1.165, 1.54) is 43.8 Å². The zero-order valence-corrected chi connectivity index (χ0v) is 11.5.